The van der Waals surface area contributed by atoms with Crippen LogP contribution in [-0.2, 0) is 20.7 Å². The first kappa shape index (κ1) is 19.9. The van der Waals surface area contributed by atoms with Crippen LogP contribution in [0.3, 0.4) is 0 Å². The average molecular weight is 352 g/mol. The normalized spacial score (nSPS) is 20.4. The number of halogens is 1. The molecular formula is C20H29FO4. The fourth-order valence-electron chi connectivity index (χ4n) is 2.76. The Hall–Kier alpha value is -1.46. The highest BCUT2D eigenvalue weighted by molar-refractivity contribution is 5.75. The van der Waals surface area contributed by atoms with E-state index in [-0.39, 0.29) is 25.3 Å². The van der Waals surface area contributed by atoms with Gasteiger partial charge in [-0.1, -0.05) is 39.2 Å². The van der Waals surface area contributed by atoms with Gasteiger partial charge in [-0.3, -0.25) is 4.79 Å². The average Bonchev–Trinajstić information content (AvgIpc) is 2.62. The van der Waals surface area contributed by atoms with Crippen molar-refractivity contribution in [3.8, 4) is 5.75 Å². The number of ether oxygens (including phenoxy) is 3. The summed E-state index contributed by atoms with van der Waals surface area (Å²) < 4.78 is 30.4. The van der Waals surface area contributed by atoms with Crippen molar-refractivity contribution in [1.82, 2.24) is 0 Å². The zero-order valence-corrected chi connectivity index (χ0v) is 15.3. The monoisotopic (exact) mass is 352 g/mol. The molecule has 1 aliphatic rings. The number of unbranched alkanes of at least 4 members (excludes halogenated alkanes) is 3. The van der Waals surface area contributed by atoms with Crippen LogP contribution in [0.4, 0.5) is 4.39 Å². The summed E-state index contributed by atoms with van der Waals surface area (Å²) in [7, 11) is 0. The van der Waals surface area contributed by atoms with E-state index in [4.69, 9.17) is 14.2 Å². The molecule has 140 valence electrons. The van der Waals surface area contributed by atoms with Crippen LogP contribution >= 0.6 is 0 Å². The molecule has 0 N–H and O–H groups in total. The second-order valence-electron chi connectivity index (χ2n) is 6.58. The quantitative estimate of drug-likeness (QED) is 0.369. The van der Waals surface area contributed by atoms with Crippen molar-refractivity contribution < 1.29 is 23.4 Å². The van der Waals surface area contributed by atoms with Gasteiger partial charge in [-0.15, -0.1) is 0 Å². The lowest BCUT2D eigenvalue weighted by Crippen LogP contribution is -2.38. The molecule has 0 bridgehead atoms. The zero-order valence-electron chi connectivity index (χ0n) is 15.3. The van der Waals surface area contributed by atoms with E-state index < -0.39 is 17.7 Å². The number of rotatable bonds is 9. The Balaban J connectivity index is 1.80. The van der Waals surface area contributed by atoms with E-state index in [2.05, 4.69) is 13.8 Å². The van der Waals surface area contributed by atoms with Gasteiger partial charge < -0.3 is 14.2 Å². The predicted molar refractivity (Wildman–Crippen MR) is 94.0 cm³/mol. The van der Waals surface area contributed by atoms with Crippen LogP contribution in [0.5, 0.6) is 5.75 Å². The second kappa shape index (κ2) is 10.5. The van der Waals surface area contributed by atoms with E-state index >= 15 is 0 Å². The number of carbonyl (C=O) groups is 1. The zero-order chi connectivity index (χ0) is 18.1. The molecule has 0 spiro atoms. The lowest BCUT2D eigenvalue weighted by Gasteiger charge is -2.28. The number of aryl methyl sites for hydroxylation is 1. The Kier molecular flexibility index (Phi) is 8.35. The first-order valence-corrected chi connectivity index (χ1v) is 9.37. The number of hydrogen-bond donors (Lipinski definition) is 0. The molecule has 0 aliphatic carbocycles. The molecule has 1 aromatic rings. The van der Waals surface area contributed by atoms with Crippen molar-refractivity contribution in [2.24, 2.45) is 5.92 Å². The highest BCUT2D eigenvalue weighted by atomic mass is 19.1. The van der Waals surface area contributed by atoms with E-state index in [1.165, 1.54) is 12.1 Å². The molecule has 5 heteroatoms. The highest BCUT2D eigenvalue weighted by Crippen LogP contribution is 2.22. The molecule has 0 radical (unpaired) electrons. The van der Waals surface area contributed by atoms with E-state index in [1.54, 1.807) is 6.07 Å². The van der Waals surface area contributed by atoms with Crippen molar-refractivity contribution in [1.29, 1.82) is 0 Å². The van der Waals surface area contributed by atoms with Crippen LogP contribution in [-0.4, -0.2) is 25.5 Å². The summed E-state index contributed by atoms with van der Waals surface area (Å²) in [5.74, 6) is -1.55. The summed E-state index contributed by atoms with van der Waals surface area (Å²) in [5.41, 5.74) is 0.915. The Morgan fingerprint density at radius 2 is 1.88 bits per heavy atom. The third-order valence-electron chi connectivity index (χ3n) is 4.37. The first-order chi connectivity index (χ1) is 12.1. The number of esters is 1. The third-order valence-corrected chi connectivity index (χ3v) is 4.37. The fraction of sp³-hybridized carbons (Fsp3) is 0.650. The summed E-state index contributed by atoms with van der Waals surface area (Å²) >= 11 is 0. The van der Waals surface area contributed by atoms with Gasteiger partial charge >= 0.3 is 5.97 Å². The van der Waals surface area contributed by atoms with E-state index in [0.29, 0.717) is 0 Å². The Labute approximate surface area is 149 Å². The van der Waals surface area contributed by atoms with Gasteiger partial charge in [-0.05, 0) is 43.4 Å². The minimum absolute atomic E-state index is 0.0321. The lowest BCUT2D eigenvalue weighted by molar-refractivity contribution is -0.208. The third kappa shape index (κ3) is 6.40. The van der Waals surface area contributed by atoms with Gasteiger partial charge in [0, 0.05) is 0 Å². The minimum Gasteiger partial charge on any atom is -0.423 e. The maximum atomic E-state index is 14.1. The van der Waals surface area contributed by atoms with Crippen LogP contribution in [0.25, 0.3) is 0 Å². The Morgan fingerprint density at radius 3 is 2.52 bits per heavy atom. The lowest BCUT2D eigenvalue weighted by atomic mass is 10.1. The van der Waals surface area contributed by atoms with Crippen molar-refractivity contribution >= 4 is 5.97 Å². The molecule has 25 heavy (non-hydrogen) atoms. The topological polar surface area (TPSA) is 44.8 Å². The van der Waals surface area contributed by atoms with Crippen LogP contribution in [0, 0.1) is 11.7 Å². The van der Waals surface area contributed by atoms with Gasteiger partial charge in [0.25, 0.3) is 0 Å². The van der Waals surface area contributed by atoms with Gasteiger partial charge in [0.15, 0.2) is 17.9 Å². The standard InChI is InChI=1S/C20H29FO4/c1-3-5-7-9-19-23-13-16(14-24-19)20(22)25-18-11-10-15(8-6-4-2)12-17(18)21/h10-12,16,19H,3-9,13-14H2,1-2H3. The second-order valence-corrected chi connectivity index (χ2v) is 6.58. The van der Waals surface area contributed by atoms with Gasteiger partial charge in [0.05, 0.1) is 13.2 Å². The summed E-state index contributed by atoms with van der Waals surface area (Å²) in [6, 6.07) is 4.77. The van der Waals surface area contributed by atoms with E-state index in [9.17, 15) is 9.18 Å². The maximum Gasteiger partial charge on any atom is 0.319 e. The molecule has 1 aliphatic heterocycles. The largest absolute Gasteiger partial charge is 0.423 e. The van der Waals surface area contributed by atoms with Crippen molar-refractivity contribution in [3.05, 3.63) is 29.6 Å². The predicted octanol–water partition coefficient (Wildman–Crippen LogP) is 4.64. The van der Waals surface area contributed by atoms with Crippen LogP contribution in [0.1, 0.15) is 57.9 Å². The van der Waals surface area contributed by atoms with Crippen molar-refractivity contribution in [2.45, 2.75) is 65.1 Å². The SMILES string of the molecule is CCCCCC1OCC(C(=O)Oc2ccc(CCCC)cc2F)CO1. The summed E-state index contributed by atoms with van der Waals surface area (Å²) in [4.78, 5) is 12.2. The van der Waals surface area contributed by atoms with Gasteiger partial charge in [-0.25, -0.2) is 4.39 Å². The van der Waals surface area contributed by atoms with Gasteiger partial charge in [-0.2, -0.15) is 0 Å². The molecule has 1 heterocycles. The van der Waals surface area contributed by atoms with Crippen LogP contribution in [0.2, 0.25) is 0 Å². The first-order valence-electron chi connectivity index (χ1n) is 9.37. The molecule has 0 atom stereocenters. The van der Waals surface area contributed by atoms with Gasteiger partial charge in [0.2, 0.25) is 0 Å². The molecular weight excluding hydrogens is 323 g/mol. The molecule has 0 aromatic heterocycles. The fourth-order valence-corrected chi connectivity index (χ4v) is 2.76. The van der Waals surface area contributed by atoms with Crippen LogP contribution < -0.4 is 4.74 Å². The van der Waals surface area contributed by atoms with Crippen LogP contribution in [0.15, 0.2) is 18.2 Å². The van der Waals surface area contributed by atoms with Gasteiger partial charge in [0.1, 0.15) is 5.92 Å². The molecule has 0 unspecified atom stereocenters. The molecule has 0 saturated carbocycles. The number of benzene rings is 1. The minimum atomic E-state index is -0.512. The van der Waals surface area contributed by atoms with E-state index in [1.807, 2.05) is 0 Å². The Bertz CT molecular complexity index is 538. The molecule has 1 saturated heterocycles. The molecule has 2 rings (SSSR count). The number of carbonyl (C=O) groups excluding carboxylic acids is 1. The van der Waals surface area contributed by atoms with Crippen molar-refractivity contribution in [3.63, 3.8) is 0 Å². The smallest absolute Gasteiger partial charge is 0.319 e. The van der Waals surface area contributed by atoms with Crippen molar-refractivity contribution in [2.75, 3.05) is 13.2 Å². The molecule has 4 nitrogen and oxygen atoms in total. The summed E-state index contributed by atoms with van der Waals surface area (Å²) in [6.07, 6.45) is 6.81. The highest BCUT2D eigenvalue weighted by Gasteiger charge is 2.29. The van der Waals surface area contributed by atoms with E-state index in [0.717, 1.165) is 50.5 Å². The summed E-state index contributed by atoms with van der Waals surface area (Å²) in [6.45, 7) is 4.75. The Morgan fingerprint density at radius 1 is 1.16 bits per heavy atom. The maximum absolute atomic E-state index is 14.1. The number of hydrogen-bond acceptors (Lipinski definition) is 4. The molecule has 1 fully saturated rings. The molecule has 1 aromatic carbocycles. The summed E-state index contributed by atoms with van der Waals surface area (Å²) in [5, 5.41) is 0. The molecule has 0 amide bonds.